The molecule has 0 heterocycles. The number of hydrogen-bond donors (Lipinski definition) is 1. The summed E-state index contributed by atoms with van der Waals surface area (Å²) < 4.78 is 0. The Kier molecular flexibility index (Phi) is 5.78. The number of carbonyl (C=O) groups is 1. The summed E-state index contributed by atoms with van der Waals surface area (Å²) in [5.74, 6) is 4.32. The minimum atomic E-state index is -0.350. The van der Waals surface area contributed by atoms with Crippen LogP contribution in [-0.2, 0) is 9.63 Å². The molecule has 0 fully saturated rings. The SMILES string of the molecule is CCN(CC)CCC(=O)ON. The second kappa shape index (κ2) is 6.12. The molecule has 0 aliphatic rings. The molecule has 0 aromatic rings. The van der Waals surface area contributed by atoms with E-state index in [4.69, 9.17) is 0 Å². The molecule has 0 bridgehead atoms. The number of carbonyl (C=O) groups excluding carboxylic acids is 1. The zero-order valence-corrected chi connectivity index (χ0v) is 7.17. The number of hydrogen-bond acceptors (Lipinski definition) is 4. The van der Waals surface area contributed by atoms with Crippen molar-refractivity contribution in [2.75, 3.05) is 19.6 Å². The average Bonchev–Trinajstić information content (AvgIpc) is 2.06. The summed E-state index contributed by atoms with van der Waals surface area (Å²) >= 11 is 0. The van der Waals surface area contributed by atoms with E-state index in [2.05, 4.69) is 29.5 Å². The molecule has 0 aliphatic heterocycles. The predicted octanol–water partition coefficient (Wildman–Crippen LogP) is 0.135. The van der Waals surface area contributed by atoms with Gasteiger partial charge in [0.15, 0.2) is 0 Å². The van der Waals surface area contributed by atoms with Crippen LogP contribution in [0.25, 0.3) is 0 Å². The molecule has 0 saturated carbocycles. The minimum Gasteiger partial charge on any atom is -0.373 e. The molecule has 0 amide bonds. The Morgan fingerprint density at radius 1 is 1.45 bits per heavy atom. The first-order valence-electron chi connectivity index (χ1n) is 3.86. The van der Waals surface area contributed by atoms with Crippen LogP contribution >= 0.6 is 0 Å². The van der Waals surface area contributed by atoms with Crippen molar-refractivity contribution in [1.82, 2.24) is 4.90 Å². The number of rotatable bonds is 5. The number of nitrogens with two attached hydrogens (primary N) is 1. The summed E-state index contributed by atoms with van der Waals surface area (Å²) in [7, 11) is 0. The van der Waals surface area contributed by atoms with Gasteiger partial charge in [-0.15, -0.1) is 0 Å². The maximum atomic E-state index is 10.6. The highest BCUT2D eigenvalue weighted by Crippen LogP contribution is 1.90. The lowest BCUT2D eigenvalue weighted by Crippen LogP contribution is -2.26. The van der Waals surface area contributed by atoms with Crippen LogP contribution in [0.2, 0.25) is 0 Å². The predicted molar refractivity (Wildman–Crippen MR) is 42.7 cm³/mol. The molecule has 11 heavy (non-hydrogen) atoms. The monoisotopic (exact) mass is 160 g/mol. The maximum Gasteiger partial charge on any atom is 0.325 e. The van der Waals surface area contributed by atoms with E-state index in [1.165, 1.54) is 0 Å². The molecule has 0 unspecified atom stereocenters. The molecule has 0 aliphatic carbocycles. The van der Waals surface area contributed by atoms with Gasteiger partial charge in [-0.3, -0.25) is 4.79 Å². The molecule has 0 saturated heterocycles. The molecule has 2 N–H and O–H groups in total. The molecule has 4 nitrogen and oxygen atoms in total. The van der Waals surface area contributed by atoms with Gasteiger partial charge in [0.05, 0.1) is 6.42 Å². The Labute approximate surface area is 67.3 Å². The van der Waals surface area contributed by atoms with E-state index >= 15 is 0 Å². The highest BCUT2D eigenvalue weighted by atomic mass is 16.7. The second-order valence-corrected chi connectivity index (χ2v) is 2.27. The summed E-state index contributed by atoms with van der Waals surface area (Å²) in [5.41, 5.74) is 0. The van der Waals surface area contributed by atoms with Crippen LogP contribution in [0.4, 0.5) is 0 Å². The van der Waals surface area contributed by atoms with Gasteiger partial charge in [-0.25, -0.2) is 0 Å². The standard InChI is InChI=1S/C7H16N2O2/c1-3-9(4-2)6-5-7(10)11-8/h3-6,8H2,1-2H3. The first-order valence-corrected chi connectivity index (χ1v) is 3.86. The van der Waals surface area contributed by atoms with Gasteiger partial charge in [0, 0.05) is 6.54 Å². The Morgan fingerprint density at radius 3 is 2.36 bits per heavy atom. The maximum absolute atomic E-state index is 10.6. The normalized spacial score (nSPS) is 10.2. The minimum absolute atomic E-state index is 0.350. The van der Waals surface area contributed by atoms with E-state index in [1.54, 1.807) is 0 Å². The van der Waals surface area contributed by atoms with Crippen molar-refractivity contribution in [3.63, 3.8) is 0 Å². The second-order valence-electron chi connectivity index (χ2n) is 2.27. The van der Waals surface area contributed by atoms with E-state index in [1.807, 2.05) is 0 Å². The largest absolute Gasteiger partial charge is 0.373 e. The van der Waals surface area contributed by atoms with Crippen LogP contribution in [0.15, 0.2) is 0 Å². The van der Waals surface area contributed by atoms with Crippen LogP contribution in [0, 0.1) is 0 Å². The molecular formula is C7H16N2O2. The zero-order valence-electron chi connectivity index (χ0n) is 7.17. The lowest BCUT2D eigenvalue weighted by atomic mass is 10.4. The summed E-state index contributed by atoms with van der Waals surface area (Å²) in [6.07, 6.45) is 0.373. The molecule has 0 atom stereocenters. The quantitative estimate of drug-likeness (QED) is 0.581. The molecule has 0 aromatic carbocycles. The Morgan fingerprint density at radius 2 is 2.00 bits per heavy atom. The van der Waals surface area contributed by atoms with Crippen molar-refractivity contribution in [2.24, 2.45) is 5.90 Å². The first kappa shape index (κ1) is 10.4. The van der Waals surface area contributed by atoms with E-state index in [0.29, 0.717) is 6.42 Å². The van der Waals surface area contributed by atoms with Crippen molar-refractivity contribution >= 4 is 5.97 Å². The first-order chi connectivity index (χ1) is 5.24. The molecule has 4 heteroatoms. The van der Waals surface area contributed by atoms with Crippen molar-refractivity contribution in [2.45, 2.75) is 20.3 Å². The highest BCUT2D eigenvalue weighted by Gasteiger charge is 2.04. The summed E-state index contributed by atoms with van der Waals surface area (Å²) in [6, 6.07) is 0. The van der Waals surface area contributed by atoms with Crippen molar-refractivity contribution in [1.29, 1.82) is 0 Å². The third-order valence-electron chi connectivity index (χ3n) is 1.66. The fourth-order valence-electron chi connectivity index (χ4n) is 0.848. The number of nitrogens with zero attached hydrogens (tertiary/aromatic N) is 1. The lowest BCUT2D eigenvalue weighted by molar-refractivity contribution is -0.144. The van der Waals surface area contributed by atoms with Gasteiger partial charge < -0.3 is 9.74 Å². The highest BCUT2D eigenvalue weighted by molar-refractivity contribution is 5.69. The molecule has 66 valence electrons. The van der Waals surface area contributed by atoms with Gasteiger partial charge in [-0.05, 0) is 13.1 Å². The van der Waals surface area contributed by atoms with Crippen LogP contribution in [0.5, 0.6) is 0 Å². The average molecular weight is 160 g/mol. The van der Waals surface area contributed by atoms with E-state index < -0.39 is 0 Å². The van der Waals surface area contributed by atoms with Crippen molar-refractivity contribution < 1.29 is 9.63 Å². The van der Waals surface area contributed by atoms with Gasteiger partial charge in [-0.1, -0.05) is 13.8 Å². The van der Waals surface area contributed by atoms with E-state index in [-0.39, 0.29) is 5.97 Å². The van der Waals surface area contributed by atoms with Gasteiger partial charge in [0.25, 0.3) is 0 Å². The van der Waals surface area contributed by atoms with Crippen LogP contribution in [0.1, 0.15) is 20.3 Å². The molecule has 0 radical (unpaired) electrons. The Hall–Kier alpha value is -0.610. The van der Waals surface area contributed by atoms with Gasteiger partial charge in [0.1, 0.15) is 0 Å². The zero-order chi connectivity index (χ0) is 8.69. The third-order valence-corrected chi connectivity index (χ3v) is 1.66. The van der Waals surface area contributed by atoms with Crippen LogP contribution < -0.4 is 5.90 Å². The van der Waals surface area contributed by atoms with Crippen LogP contribution in [0.3, 0.4) is 0 Å². The Balaban J connectivity index is 3.42. The molecular weight excluding hydrogens is 144 g/mol. The van der Waals surface area contributed by atoms with Gasteiger partial charge in [0.2, 0.25) is 0 Å². The third kappa shape index (κ3) is 4.75. The lowest BCUT2D eigenvalue weighted by Gasteiger charge is -2.16. The smallest absolute Gasteiger partial charge is 0.325 e. The Bertz CT molecular complexity index is 113. The summed E-state index contributed by atoms with van der Waals surface area (Å²) in [4.78, 5) is 16.7. The summed E-state index contributed by atoms with van der Waals surface area (Å²) in [5, 5.41) is 0. The van der Waals surface area contributed by atoms with Crippen molar-refractivity contribution in [3.8, 4) is 0 Å². The molecule has 0 aromatic heterocycles. The molecule has 0 rings (SSSR count). The van der Waals surface area contributed by atoms with Gasteiger partial charge >= 0.3 is 5.97 Å². The fourth-order valence-corrected chi connectivity index (χ4v) is 0.848. The van der Waals surface area contributed by atoms with Gasteiger partial charge in [-0.2, -0.15) is 5.90 Å². The summed E-state index contributed by atoms with van der Waals surface area (Å²) in [6.45, 7) is 6.74. The van der Waals surface area contributed by atoms with E-state index in [0.717, 1.165) is 19.6 Å². The van der Waals surface area contributed by atoms with Crippen LogP contribution in [-0.4, -0.2) is 30.5 Å². The molecule has 0 spiro atoms. The van der Waals surface area contributed by atoms with Crippen molar-refractivity contribution in [3.05, 3.63) is 0 Å². The fraction of sp³-hybridized carbons (Fsp3) is 0.857. The van der Waals surface area contributed by atoms with E-state index in [9.17, 15) is 4.79 Å². The topological polar surface area (TPSA) is 55.6 Å².